The molecule has 1 N–H and O–H groups in total. The van der Waals surface area contributed by atoms with E-state index in [1.54, 1.807) is 12.3 Å². The van der Waals surface area contributed by atoms with E-state index in [9.17, 15) is 18.0 Å². The minimum Gasteiger partial charge on any atom is -0.363 e. The first-order chi connectivity index (χ1) is 15.6. The van der Waals surface area contributed by atoms with E-state index in [0.29, 0.717) is 36.2 Å². The largest absolute Gasteiger partial charge is 0.416 e. The van der Waals surface area contributed by atoms with Crippen LogP contribution in [0.15, 0.2) is 30.5 Å². The lowest BCUT2D eigenvalue weighted by molar-refractivity contribution is -0.177. The van der Waals surface area contributed by atoms with E-state index >= 15 is 0 Å². The molecule has 3 heterocycles. The Kier molecular flexibility index (Phi) is 4.17. The Bertz CT molecular complexity index is 1280. The Morgan fingerprint density at radius 1 is 1.24 bits per heavy atom. The number of aromatic nitrogens is 3. The van der Waals surface area contributed by atoms with E-state index in [0.717, 1.165) is 48.3 Å². The van der Waals surface area contributed by atoms with Gasteiger partial charge >= 0.3 is 6.18 Å². The number of aryl methyl sites for hydroxylation is 1. The van der Waals surface area contributed by atoms with Gasteiger partial charge in [-0.3, -0.25) is 9.20 Å². The fraction of sp³-hybridized carbons (Fsp3) is 0.458. The van der Waals surface area contributed by atoms with Crippen molar-refractivity contribution in [3.63, 3.8) is 0 Å². The van der Waals surface area contributed by atoms with Crippen LogP contribution in [0.5, 0.6) is 0 Å². The normalized spacial score (nSPS) is 24.3. The van der Waals surface area contributed by atoms with Crippen molar-refractivity contribution in [2.45, 2.75) is 58.4 Å². The van der Waals surface area contributed by atoms with Crippen molar-refractivity contribution < 1.29 is 18.0 Å². The van der Waals surface area contributed by atoms with Crippen LogP contribution < -0.4 is 5.32 Å². The number of nitrogens with one attached hydrogen (secondary N) is 1. The molecule has 7 rings (SSSR count). The number of fused-ring (bicyclic) bond motifs is 3. The van der Waals surface area contributed by atoms with Crippen molar-refractivity contribution >= 4 is 17.5 Å². The predicted octanol–water partition coefficient (Wildman–Crippen LogP) is 4.87. The summed E-state index contributed by atoms with van der Waals surface area (Å²) in [5.41, 5.74) is 2.48. The van der Waals surface area contributed by atoms with Crippen molar-refractivity contribution in [3.05, 3.63) is 58.5 Å². The van der Waals surface area contributed by atoms with Crippen LogP contribution in [0.25, 0.3) is 5.78 Å². The number of carbonyl (C=O) groups is 1. The highest BCUT2D eigenvalue weighted by atomic mass is 19.4. The quantitative estimate of drug-likeness (QED) is 0.610. The first-order valence-electron chi connectivity index (χ1n) is 11.2. The molecule has 3 aromatic rings. The number of hydrogen-bond donors (Lipinski definition) is 1. The van der Waals surface area contributed by atoms with E-state index in [1.165, 1.54) is 6.07 Å². The highest BCUT2D eigenvalue weighted by Crippen LogP contribution is 2.65. The standard InChI is InChI=1S/C24H24F3N5O/c1-13-10-28-22-30-20(29-14(2)16-4-3-5-17(6-16)24(25,26)27)18-11-31(12-19(18)32(13)22)21(33)23-7-15(8-23)9-23/h3-6,10,14-15H,7-9,11-12H2,1-2H3,(H,28,29,30). The molecule has 1 aliphatic heterocycles. The lowest BCUT2D eigenvalue weighted by Gasteiger charge is -2.61. The number of rotatable bonds is 4. The molecule has 9 heteroatoms. The van der Waals surface area contributed by atoms with E-state index in [1.807, 2.05) is 23.1 Å². The highest BCUT2D eigenvalue weighted by Gasteiger charge is 2.62. The fourth-order valence-electron chi connectivity index (χ4n) is 5.65. The number of amides is 1. The SMILES string of the molecule is Cc1cnc2nc(NC(C)c3cccc(C(F)(F)F)c3)c3c(n12)CN(C(=O)C12CC(C1)C2)C3. The summed E-state index contributed by atoms with van der Waals surface area (Å²) in [5, 5.41) is 3.30. The predicted molar refractivity (Wildman–Crippen MR) is 115 cm³/mol. The maximum atomic E-state index is 13.3. The van der Waals surface area contributed by atoms with Crippen LogP contribution in [-0.2, 0) is 24.1 Å². The van der Waals surface area contributed by atoms with Gasteiger partial charge in [0.25, 0.3) is 0 Å². The molecule has 6 nitrogen and oxygen atoms in total. The number of carbonyl (C=O) groups excluding carboxylic acids is 1. The van der Waals surface area contributed by atoms with Crippen molar-refractivity contribution in [2.24, 2.45) is 11.3 Å². The summed E-state index contributed by atoms with van der Waals surface area (Å²) in [5.74, 6) is 2.02. The molecular formula is C24H24F3N5O. The number of hydrogen-bond acceptors (Lipinski definition) is 4. The Labute approximate surface area is 188 Å². The molecule has 4 aliphatic rings. The van der Waals surface area contributed by atoms with Crippen molar-refractivity contribution in [2.75, 3.05) is 5.32 Å². The third kappa shape index (κ3) is 3.04. The van der Waals surface area contributed by atoms with Crippen LogP contribution in [0.3, 0.4) is 0 Å². The number of benzene rings is 1. The molecule has 1 aromatic carbocycles. The molecule has 3 aliphatic carbocycles. The van der Waals surface area contributed by atoms with Gasteiger partial charge in [-0.25, -0.2) is 4.98 Å². The highest BCUT2D eigenvalue weighted by molar-refractivity contribution is 5.86. The summed E-state index contributed by atoms with van der Waals surface area (Å²) in [6.07, 6.45) is 0.328. The molecule has 1 unspecified atom stereocenters. The number of anilines is 1. The number of halogens is 3. The summed E-state index contributed by atoms with van der Waals surface area (Å²) >= 11 is 0. The van der Waals surface area contributed by atoms with E-state index in [-0.39, 0.29) is 11.3 Å². The first-order valence-corrected chi connectivity index (χ1v) is 11.2. The van der Waals surface area contributed by atoms with Crippen molar-refractivity contribution in [3.8, 4) is 0 Å². The van der Waals surface area contributed by atoms with Gasteiger partial charge < -0.3 is 10.2 Å². The third-order valence-electron chi connectivity index (χ3n) is 7.57. The second-order valence-corrected chi connectivity index (χ2v) is 9.83. The second kappa shape index (κ2) is 6.71. The van der Waals surface area contributed by atoms with Gasteiger partial charge in [0.2, 0.25) is 11.7 Å². The Balaban J connectivity index is 1.34. The molecule has 0 saturated heterocycles. The maximum absolute atomic E-state index is 13.3. The van der Waals surface area contributed by atoms with Gasteiger partial charge in [-0.05, 0) is 56.7 Å². The van der Waals surface area contributed by atoms with Crippen LogP contribution >= 0.6 is 0 Å². The average Bonchev–Trinajstić information content (AvgIpc) is 3.29. The molecule has 172 valence electrons. The molecule has 33 heavy (non-hydrogen) atoms. The molecule has 2 bridgehead atoms. The van der Waals surface area contributed by atoms with E-state index in [2.05, 4.69) is 15.3 Å². The summed E-state index contributed by atoms with van der Waals surface area (Å²) in [7, 11) is 0. The van der Waals surface area contributed by atoms with Crippen molar-refractivity contribution in [1.82, 2.24) is 19.3 Å². The third-order valence-corrected chi connectivity index (χ3v) is 7.57. The Morgan fingerprint density at radius 3 is 2.67 bits per heavy atom. The summed E-state index contributed by atoms with van der Waals surface area (Å²) < 4.78 is 41.5. The summed E-state index contributed by atoms with van der Waals surface area (Å²) in [6, 6.07) is 4.91. The van der Waals surface area contributed by atoms with Crippen LogP contribution in [-0.4, -0.2) is 25.2 Å². The van der Waals surface area contributed by atoms with Crippen molar-refractivity contribution in [1.29, 1.82) is 0 Å². The zero-order chi connectivity index (χ0) is 23.1. The lowest BCUT2D eigenvalue weighted by Crippen LogP contribution is -2.60. The molecular weight excluding hydrogens is 431 g/mol. The molecule has 0 spiro atoms. The van der Waals surface area contributed by atoms with Crippen LogP contribution in [0.1, 0.15) is 60.3 Å². The number of imidazole rings is 1. The van der Waals surface area contributed by atoms with Gasteiger partial charge in [0.15, 0.2) is 0 Å². The summed E-state index contributed by atoms with van der Waals surface area (Å²) in [6.45, 7) is 4.69. The van der Waals surface area contributed by atoms with Crippen LogP contribution in [0, 0.1) is 18.3 Å². The topological polar surface area (TPSA) is 62.5 Å². The van der Waals surface area contributed by atoms with E-state index in [4.69, 9.17) is 0 Å². The minimum atomic E-state index is -4.40. The van der Waals surface area contributed by atoms with Gasteiger partial charge in [0.1, 0.15) is 5.82 Å². The lowest BCUT2D eigenvalue weighted by atomic mass is 9.44. The minimum absolute atomic E-state index is 0.165. The molecule has 2 aromatic heterocycles. The van der Waals surface area contributed by atoms with Gasteiger partial charge in [-0.15, -0.1) is 0 Å². The zero-order valence-corrected chi connectivity index (χ0v) is 18.4. The summed E-state index contributed by atoms with van der Waals surface area (Å²) in [4.78, 5) is 24.2. The van der Waals surface area contributed by atoms with Gasteiger partial charge in [0, 0.05) is 17.3 Å². The zero-order valence-electron chi connectivity index (χ0n) is 18.4. The van der Waals surface area contributed by atoms with Crippen LogP contribution in [0.4, 0.5) is 19.0 Å². The second-order valence-electron chi connectivity index (χ2n) is 9.83. The number of alkyl halides is 3. The smallest absolute Gasteiger partial charge is 0.363 e. The first kappa shape index (κ1) is 20.5. The van der Waals surface area contributed by atoms with E-state index < -0.39 is 17.8 Å². The van der Waals surface area contributed by atoms with Crippen LogP contribution in [0.2, 0.25) is 0 Å². The molecule has 1 atom stereocenters. The monoisotopic (exact) mass is 455 g/mol. The van der Waals surface area contributed by atoms with Gasteiger partial charge in [-0.2, -0.15) is 18.2 Å². The maximum Gasteiger partial charge on any atom is 0.416 e. The molecule has 3 saturated carbocycles. The molecule has 1 amide bonds. The average molecular weight is 455 g/mol. The van der Waals surface area contributed by atoms with Gasteiger partial charge in [-0.1, -0.05) is 12.1 Å². The Morgan fingerprint density at radius 2 is 2.00 bits per heavy atom. The Hall–Kier alpha value is -3.10. The number of nitrogens with zero attached hydrogens (tertiary/aromatic N) is 4. The molecule has 3 fully saturated rings. The van der Waals surface area contributed by atoms with Gasteiger partial charge in [0.05, 0.1) is 36.0 Å². The fourth-order valence-corrected chi connectivity index (χ4v) is 5.65. The molecule has 0 radical (unpaired) electrons.